The molecule has 0 bridgehead atoms. The monoisotopic (exact) mass is 291 g/mol. The van der Waals surface area contributed by atoms with E-state index in [4.69, 9.17) is 21.4 Å². The van der Waals surface area contributed by atoms with Crippen LogP contribution in [0, 0.1) is 6.92 Å². The molecule has 2 N–H and O–H groups in total. The third-order valence-electron chi connectivity index (χ3n) is 2.33. The number of hydrogen-bond acceptors (Lipinski definition) is 4. The number of aryl methyl sites for hydroxylation is 1. The lowest BCUT2D eigenvalue weighted by atomic mass is 10.2. The Morgan fingerprint density at radius 1 is 1.61 bits per heavy atom. The Balaban J connectivity index is 2.55. The number of thiophene rings is 1. The van der Waals surface area contributed by atoms with Crippen LogP contribution < -0.4 is 5.32 Å². The zero-order valence-corrected chi connectivity index (χ0v) is 11.6. The maximum atomic E-state index is 11.8. The van der Waals surface area contributed by atoms with Crippen molar-refractivity contribution in [2.75, 3.05) is 13.7 Å². The summed E-state index contributed by atoms with van der Waals surface area (Å²) < 4.78 is 4.96. The molecule has 0 aliphatic heterocycles. The Bertz CT molecular complexity index is 446. The zero-order valence-electron chi connectivity index (χ0n) is 10.0. The van der Waals surface area contributed by atoms with E-state index in [0.717, 1.165) is 5.56 Å². The van der Waals surface area contributed by atoms with E-state index < -0.39 is 12.1 Å². The summed E-state index contributed by atoms with van der Waals surface area (Å²) in [6, 6.07) is 0. The SMILES string of the molecule is COC(CNC(=O)c1scc(C)c1Cl)CC(=O)O. The van der Waals surface area contributed by atoms with E-state index in [1.165, 1.54) is 18.4 Å². The average Bonchev–Trinajstić information content (AvgIpc) is 2.64. The Morgan fingerprint density at radius 2 is 2.28 bits per heavy atom. The lowest BCUT2D eigenvalue weighted by Gasteiger charge is -2.13. The van der Waals surface area contributed by atoms with Crippen molar-refractivity contribution < 1.29 is 19.4 Å². The van der Waals surface area contributed by atoms with Crippen molar-refractivity contribution in [3.8, 4) is 0 Å². The standard InChI is InChI=1S/C11H14ClNO4S/c1-6-5-18-10(9(6)12)11(16)13-4-7(17-2)3-8(14)15/h5,7H,3-4H2,1-2H3,(H,13,16)(H,14,15). The van der Waals surface area contributed by atoms with Gasteiger partial charge in [0.1, 0.15) is 4.88 Å². The molecule has 1 heterocycles. The van der Waals surface area contributed by atoms with E-state index in [9.17, 15) is 9.59 Å². The topological polar surface area (TPSA) is 75.6 Å². The number of methoxy groups -OCH3 is 1. The Morgan fingerprint density at radius 3 is 2.72 bits per heavy atom. The van der Waals surface area contributed by atoms with E-state index in [1.807, 2.05) is 6.92 Å². The fraction of sp³-hybridized carbons (Fsp3) is 0.455. The normalized spacial score (nSPS) is 12.2. The molecule has 5 nitrogen and oxygen atoms in total. The molecule has 100 valence electrons. The molecular weight excluding hydrogens is 278 g/mol. The van der Waals surface area contributed by atoms with Crippen LogP contribution in [0.15, 0.2) is 5.38 Å². The molecule has 0 spiro atoms. The summed E-state index contributed by atoms with van der Waals surface area (Å²) in [5.41, 5.74) is 0.848. The van der Waals surface area contributed by atoms with Crippen LogP contribution >= 0.6 is 22.9 Å². The number of carboxylic acid groups (broad SMARTS) is 1. The number of carboxylic acids is 1. The minimum atomic E-state index is -0.971. The number of amides is 1. The van der Waals surface area contributed by atoms with Gasteiger partial charge in [0.2, 0.25) is 0 Å². The van der Waals surface area contributed by atoms with Gasteiger partial charge in [-0.05, 0) is 17.9 Å². The quantitative estimate of drug-likeness (QED) is 0.840. The highest BCUT2D eigenvalue weighted by molar-refractivity contribution is 7.13. The van der Waals surface area contributed by atoms with Crippen LogP contribution in [0.3, 0.4) is 0 Å². The number of carbonyl (C=O) groups is 2. The predicted molar refractivity (Wildman–Crippen MR) is 69.4 cm³/mol. The van der Waals surface area contributed by atoms with Gasteiger partial charge in [-0.1, -0.05) is 11.6 Å². The molecule has 7 heteroatoms. The lowest BCUT2D eigenvalue weighted by Crippen LogP contribution is -2.34. The van der Waals surface area contributed by atoms with Crippen molar-refractivity contribution in [3.05, 3.63) is 20.8 Å². The number of hydrogen-bond donors (Lipinski definition) is 2. The molecule has 1 rings (SSSR count). The van der Waals surface area contributed by atoms with Crippen LogP contribution in [0.4, 0.5) is 0 Å². The van der Waals surface area contributed by atoms with Gasteiger partial charge in [0.15, 0.2) is 0 Å². The Labute approximate surface area is 114 Å². The molecule has 1 atom stereocenters. The highest BCUT2D eigenvalue weighted by Gasteiger charge is 2.17. The third kappa shape index (κ3) is 3.97. The number of carbonyl (C=O) groups excluding carboxylic acids is 1. The van der Waals surface area contributed by atoms with Crippen LogP contribution in [0.1, 0.15) is 21.7 Å². The van der Waals surface area contributed by atoms with Crippen molar-refractivity contribution in [2.24, 2.45) is 0 Å². The van der Waals surface area contributed by atoms with Crippen molar-refractivity contribution in [1.29, 1.82) is 0 Å². The molecule has 0 saturated heterocycles. The predicted octanol–water partition coefficient (Wildman–Crippen LogP) is 1.93. The van der Waals surface area contributed by atoms with Crippen molar-refractivity contribution in [3.63, 3.8) is 0 Å². The van der Waals surface area contributed by atoms with Crippen molar-refractivity contribution in [2.45, 2.75) is 19.4 Å². The van der Waals surface area contributed by atoms with E-state index in [-0.39, 0.29) is 18.9 Å². The number of aliphatic carboxylic acids is 1. The fourth-order valence-electron chi connectivity index (χ4n) is 1.30. The first kappa shape index (κ1) is 14.9. The summed E-state index contributed by atoms with van der Waals surface area (Å²) in [5.74, 6) is -1.29. The summed E-state index contributed by atoms with van der Waals surface area (Å²) in [4.78, 5) is 22.8. The summed E-state index contributed by atoms with van der Waals surface area (Å²) in [6.07, 6.45) is -0.708. The summed E-state index contributed by atoms with van der Waals surface area (Å²) >= 11 is 7.22. The summed E-state index contributed by atoms with van der Waals surface area (Å²) in [6.45, 7) is 1.95. The van der Waals surface area contributed by atoms with Crippen LogP contribution in [-0.4, -0.2) is 36.7 Å². The molecule has 1 aromatic rings. The lowest BCUT2D eigenvalue weighted by molar-refractivity contribution is -0.139. The highest BCUT2D eigenvalue weighted by atomic mass is 35.5. The minimum Gasteiger partial charge on any atom is -0.481 e. The number of nitrogens with one attached hydrogen (secondary N) is 1. The fourth-order valence-corrected chi connectivity index (χ4v) is 2.50. The van der Waals surface area contributed by atoms with Gasteiger partial charge < -0.3 is 15.2 Å². The van der Waals surface area contributed by atoms with Gasteiger partial charge in [-0.15, -0.1) is 11.3 Å². The van der Waals surface area contributed by atoms with E-state index in [0.29, 0.717) is 9.90 Å². The first-order valence-electron chi connectivity index (χ1n) is 5.22. The second-order valence-electron chi connectivity index (χ2n) is 3.73. The van der Waals surface area contributed by atoms with Gasteiger partial charge in [-0.2, -0.15) is 0 Å². The van der Waals surface area contributed by atoms with E-state index in [1.54, 1.807) is 5.38 Å². The molecule has 18 heavy (non-hydrogen) atoms. The summed E-state index contributed by atoms with van der Waals surface area (Å²) in [5, 5.41) is 13.5. The molecule has 0 radical (unpaired) electrons. The maximum Gasteiger partial charge on any atom is 0.306 e. The molecule has 0 fully saturated rings. The number of ether oxygens (including phenoxy) is 1. The van der Waals surface area contributed by atoms with Crippen LogP contribution in [-0.2, 0) is 9.53 Å². The average molecular weight is 292 g/mol. The van der Waals surface area contributed by atoms with Gasteiger partial charge in [-0.3, -0.25) is 9.59 Å². The molecule has 0 saturated carbocycles. The molecule has 0 aromatic carbocycles. The smallest absolute Gasteiger partial charge is 0.306 e. The second-order valence-corrected chi connectivity index (χ2v) is 4.99. The Kier molecular flexibility index (Phi) is 5.58. The van der Waals surface area contributed by atoms with Crippen LogP contribution in [0.5, 0.6) is 0 Å². The Hall–Kier alpha value is -1.11. The summed E-state index contributed by atoms with van der Waals surface area (Å²) in [7, 11) is 1.40. The van der Waals surface area contributed by atoms with Gasteiger partial charge in [-0.25, -0.2) is 0 Å². The van der Waals surface area contributed by atoms with Gasteiger partial charge in [0.25, 0.3) is 5.91 Å². The van der Waals surface area contributed by atoms with Crippen LogP contribution in [0.2, 0.25) is 5.02 Å². The van der Waals surface area contributed by atoms with Gasteiger partial charge in [0, 0.05) is 13.7 Å². The molecular formula is C11H14ClNO4S. The zero-order chi connectivity index (χ0) is 13.7. The molecule has 0 aliphatic carbocycles. The van der Waals surface area contributed by atoms with Crippen molar-refractivity contribution >= 4 is 34.8 Å². The molecule has 1 amide bonds. The highest BCUT2D eigenvalue weighted by Crippen LogP contribution is 2.26. The maximum absolute atomic E-state index is 11.8. The number of halogens is 1. The minimum absolute atomic E-state index is 0.134. The van der Waals surface area contributed by atoms with E-state index >= 15 is 0 Å². The first-order chi connectivity index (χ1) is 8.45. The van der Waals surface area contributed by atoms with Crippen LogP contribution in [0.25, 0.3) is 0 Å². The van der Waals surface area contributed by atoms with E-state index in [2.05, 4.69) is 5.32 Å². The largest absolute Gasteiger partial charge is 0.481 e. The molecule has 1 aromatic heterocycles. The second kappa shape index (κ2) is 6.72. The molecule has 0 aliphatic rings. The number of rotatable bonds is 6. The van der Waals surface area contributed by atoms with Gasteiger partial charge in [0.05, 0.1) is 17.5 Å². The first-order valence-corrected chi connectivity index (χ1v) is 6.47. The molecule has 1 unspecified atom stereocenters. The third-order valence-corrected chi connectivity index (χ3v) is 4.03. The van der Waals surface area contributed by atoms with Crippen molar-refractivity contribution in [1.82, 2.24) is 5.32 Å². The van der Waals surface area contributed by atoms with Gasteiger partial charge >= 0.3 is 5.97 Å².